The maximum Gasteiger partial charge on any atom is 0.195 e. The summed E-state index contributed by atoms with van der Waals surface area (Å²) in [7, 11) is 0. The number of oxazole rings is 1. The van der Waals surface area contributed by atoms with Gasteiger partial charge in [-0.15, -0.1) is 0 Å². The first-order valence-corrected chi connectivity index (χ1v) is 7.09. The summed E-state index contributed by atoms with van der Waals surface area (Å²) in [5.74, 6) is 0.779. The topological polar surface area (TPSA) is 58.4 Å². The smallest absolute Gasteiger partial charge is 0.195 e. The monoisotopic (exact) mass is 273 g/mol. The number of ketones is 1. The minimum Gasteiger partial charge on any atom is -0.439 e. The van der Waals surface area contributed by atoms with Gasteiger partial charge in [-0.3, -0.25) is 4.79 Å². The molecule has 1 aromatic heterocycles. The van der Waals surface area contributed by atoms with E-state index in [9.17, 15) is 4.79 Å². The van der Waals surface area contributed by atoms with E-state index in [4.69, 9.17) is 4.42 Å². The lowest BCUT2D eigenvalue weighted by molar-refractivity contribution is 0.101. The van der Waals surface area contributed by atoms with Gasteiger partial charge in [-0.25, -0.2) is 4.98 Å². The number of nitrogens with zero attached hydrogens (tertiary/aromatic N) is 2. The minimum atomic E-state index is 0.0596. The van der Waals surface area contributed by atoms with Crippen molar-refractivity contribution in [2.45, 2.75) is 20.3 Å². The molecule has 1 fully saturated rings. The Morgan fingerprint density at radius 2 is 2.15 bits per heavy atom. The van der Waals surface area contributed by atoms with E-state index in [1.165, 1.54) is 0 Å². The van der Waals surface area contributed by atoms with Gasteiger partial charge in [0.05, 0.1) is 5.69 Å². The first kappa shape index (κ1) is 13.1. The molecule has 1 aliphatic rings. The summed E-state index contributed by atoms with van der Waals surface area (Å²) in [5.41, 5.74) is 3.26. The van der Waals surface area contributed by atoms with Crippen LogP contribution < -0.4 is 10.2 Å². The average molecular weight is 273 g/mol. The second-order valence-corrected chi connectivity index (χ2v) is 5.10. The minimum absolute atomic E-state index is 0.0596. The Morgan fingerprint density at radius 1 is 1.40 bits per heavy atom. The van der Waals surface area contributed by atoms with Gasteiger partial charge in [-0.05, 0) is 19.1 Å². The molecule has 0 saturated carbocycles. The normalized spacial score (nSPS) is 15.8. The van der Waals surface area contributed by atoms with E-state index in [1.807, 2.05) is 19.1 Å². The zero-order valence-corrected chi connectivity index (χ0v) is 11.9. The number of hydrogen-bond donors (Lipinski definition) is 1. The van der Waals surface area contributed by atoms with Crippen LogP contribution >= 0.6 is 0 Å². The molecule has 1 aromatic carbocycles. The Morgan fingerprint density at radius 3 is 2.80 bits per heavy atom. The predicted molar refractivity (Wildman–Crippen MR) is 78.5 cm³/mol. The number of anilines is 1. The number of nitrogens with one attached hydrogen (secondary N) is 1. The Labute approximate surface area is 118 Å². The summed E-state index contributed by atoms with van der Waals surface area (Å²) < 4.78 is 5.85. The van der Waals surface area contributed by atoms with Crippen LogP contribution in [0.5, 0.6) is 0 Å². The number of fused-ring (bicyclic) bond motifs is 1. The first-order chi connectivity index (χ1) is 9.69. The lowest BCUT2D eigenvalue weighted by atomic mass is 10.1. The van der Waals surface area contributed by atoms with Crippen LogP contribution in [-0.2, 0) is 6.42 Å². The number of benzene rings is 1. The van der Waals surface area contributed by atoms with Gasteiger partial charge >= 0.3 is 0 Å². The van der Waals surface area contributed by atoms with Crippen molar-refractivity contribution in [3.63, 3.8) is 0 Å². The van der Waals surface area contributed by atoms with E-state index < -0.39 is 0 Å². The van der Waals surface area contributed by atoms with E-state index in [0.29, 0.717) is 5.56 Å². The molecular formula is C15H19N3O2. The van der Waals surface area contributed by atoms with Crippen molar-refractivity contribution in [3.8, 4) is 0 Å². The van der Waals surface area contributed by atoms with Crippen LogP contribution in [0.3, 0.4) is 0 Å². The Balaban J connectivity index is 2.15. The van der Waals surface area contributed by atoms with Crippen molar-refractivity contribution in [1.29, 1.82) is 0 Å². The highest BCUT2D eigenvalue weighted by atomic mass is 16.3. The fourth-order valence-corrected chi connectivity index (χ4v) is 2.56. The quantitative estimate of drug-likeness (QED) is 0.867. The standard InChI is InChI=1S/C15H19N3O2/c1-3-14-17-12-8-11(10(2)19)9-13(15(12)20-14)18-6-4-16-5-7-18/h8-9,16H,3-7H2,1-2H3. The van der Waals surface area contributed by atoms with Crippen LogP contribution in [-0.4, -0.2) is 36.9 Å². The molecule has 0 aliphatic carbocycles. The lowest BCUT2D eigenvalue weighted by Gasteiger charge is -2.29. The summed E-state index contributed by atoms with van der Waals surface area (Å²) in [6, 6.07) is 3.76. The van der Waals surface area contributed by atoms with Crippen LogP contribution in [0.1, 0.15) is 30.1 Å². The highest BCUT2D eigenvalue weighted by Crippen LogP contribution is 2.30. The first-order valence-electron chi connectivity index (χ1n) is 7.09. The summed E-state index contributed by atoms with van der Waals surface area (Å²) in [6.45, 7) is 7.32. The number of aromatic nitrogens is 1. The Kier molecular flexibility index (Phi) is 3.44. The van der Waals surface area contributed by atoms with Crippen molar-refractivity contribution in [3.05, 3.63) is 23.6 Å². The molecule has 2 aromatic rings. The van der Waals surface area contributed by atoms with E-state index in [1.54, 1.807) is 6.92 Å². The number of rotatable bonds is 3. The molecule has 0 unspecified atom stereocenters. The summed E-state index contributed by atoms with van der Waals surface area (Å²) in [4.78, 5) is 18.4. The molecule has 1 N–H and O–H groups in total. The third-order valence-corrected chi connectivity index (χ3v) is 3.68. The van der Waals surface area contributed by atoms with E-state index >= 15 is 0 Å². The molecule has 2 heterocycles. The van der Waals surface area contributed by atoms with Crippen LogP contribution in [0.2, 0.25) is 0 Å². The molecule has 0 amide bonds. The van der Waals surface area contributed by atoms with E-state index in [-0.39, 0.29) is 5.78 Å². The van der Waals surface area contributed by atoms with Crippen LogP contribution in [0.4, 0.5) is 5.69 Å². The molecule has 1 saturated heterocycles. The third-order valence-electron chi connectivity index (χ3n) is 3.68. The van der Waals surface area contributed by atoms with Gasteiger partial charge in [0.15, 0.2) is 17.3 Å². The van der Waals surface area contributed by atoms with Gasteiger partial charge in [-0.2, -0.15) is 0 Å². The van der Waals surface area contributed by atoms with Gasteiger partial charge in [0, 0.05) is 38.2 Å². The molecule has 20 heavy (non-hydrogen) atoms. The summed E-state index contributed by atoms with van der Waals surface area (Å²) in [6.07, 6.45) is 0.755. The van der Waals surface area contributed by atoms with Crippen molar-refractivity contribution < 1.29 is 9.21 Å². The fraction of sp³-hybridized carbons (Fsp3) is 0.467. The maximum atomic E-state index is 11.7. The molecule has 3 rings (SSSR count). The fourth-order valence-electron chi connectivity index (χ4n) is 2.56. The molecule has 0 radical (unpaired) electrons. The van der Waals surface area contributed by atoms with Gasteiger partial charge in [-0.1, -0.05) is 6.92 Å². The molecular weight excluding hydrogens is 254 g/mol. The zero-order valence-electron chi connectivity index (χ0n) is 11.9. The molecule has 5 nitrogen and oxygen atoms in total. The zero-order chi connectivity index (χ0) is 14.1. The van der Waals surface area contributed by atoms with Gasteiger partial charge < -0.3 is 14.6 Å². The second-order valence-electron chi connectivity index (χ2n) is 5.10. The molecule has 1 aliphatic heterocycles. The van der Waals surface area contributed by atoms with Crippen LogP contribution in [0, 0.1) is 0 Å². The highest BCUT2D eigenvalue weighted by molar-refractivity contribution is 6.00. The van der Waals surface area contributed by atoms with Gasteiger partial charge in [0.25, 0.3) is 0 Å². The van der Waals surface area contributed by atoms with Crippen LogP contribution in [0.15, 0.2) is 16.5 Å². The van der Waals surface area contributed by atoms with E-state index in [2.05, 4.69) is 15.2 Å². The number of Topliss-reactive ketones (excluding diaryl/α,β-unsaturated/α-hetero) is 1. The van der Waals surface area contributed by atoms with Gasteiger partial charge in [0.2, 0.25) is 0 Å². The molecule has 0 spiro atoms. The number of carbonyl (C=O) groups excluding carboxylic acids is 1. The number of piperazine rings is 1. The van der Waals surface area contributed by atoms with Crippen molar-refractivity contribution >= 4 is 22.6 Å². The maximum absolute atomic E-state index is 11.7. The summed E-state index contributed by atoms with van der Waals surface area (Å²) in [5, 5.41) is 3.33. The van der Waals surface area contributed by atoms with Crippen molar-refractivity contribution in [1.82, 2.24) is 10.3 Å². The number of carbonyl (C=O) groups is 1. The van der Waals surface area contributed by atoms with Crippen LogP contribution in [0.25, 0.3) is 11.1 Å². The molecule has 106 valence electrons. The number of hydrogen-bond acceptors (Lipinski definition) is 5. The second kappa shape index (κ2) is 5.25. The highest BCUT2D eigenvalue weighted by Gasteiger charge is 2.19. The Bertz CT molecular complexity index is 642. The van der Waals surface area contributed by atoms with Crippen molar-refractivity contribution in [2.24, 2.45) is 0 Å². The molecule has 5 heteroatoms. The molecule has 0 atom stereocenters. The Hall–Kier alpha value is -1.88. The van der Waals surface area contributed by atoms with E-state index in [0.717, 1.165) is 55.3 Å². The lowest BCUT2D eigenvalue weighted by Crippen LogP contribution is -2.43. The third kappa shape index (κ3) is 2.29. The summed E-state index contributed by atoms with van der Waals surface area (Å²) >= 11 is 0. The number of aryl methyl sites for hydroxylation is 1. The van der Waals surface area contributed by atoms with Gasteiger partial charge in [0.1, 0.15) is 5.52 Å². The van der Waals surface area contributed by atoms with Crippen molar-refractivity contribution in [2.75, 3.05) is 31.1 Å². The SMILES string of the molecule is CCc1nc2cc(C(C)=O)cc(N3CCNCC3)c2o1. The average Bonchev–Trinajstić information content (AvgIpc) is 2.90. The largest absolute Gasteiger partial charge is 0.439 e. The predicted octanol–water partition coefficient (Wildman–Crippen LogP) is 2.00. The molecule has 0 bridgehead atoms.